The van der Waals surface area contributed by atoms with Gasteiger partial charge in [0.1, 0.15) is 5.70 Å². The monoisotopic (exact) mass is 406 g/mol. The van der Waals surface area contributed by atoms with E-state index in [1.54, 1.807) is 24.3 Å². The highest BCUT2D eigenvalue weighted by Crippen LogP contribution is 2.33. The minimum atomic E-state index is -3.80. The SMILES string of the molecule is Cn1cccc1/C=C1\C(=O)c2ccccc2S(=O)(=O)N1CCCc1ccccc1. The number of aryl methyl sites for hydroxylation is 2. The normalized spacial score (nSPS) is 16.8. The van der Waals surface area contributed by atoms with Crippen LogP contribution in [0.5, 0.6) is 0 Å². The highest BCUT2D eigenvalue weighted by molar-refractivity contribution is 7.89. The van der Waals surface area contributed by atoms with Gasteiger partial charge in [0.25, 0.3) is 10.0 Å². The Bertz CT molecular complexity index is 1180. The molecule has 0 spiro atoms. The Kier molecular flexibility index (Phi) is 5.11. The van der Waals surface area contributed by atoms with Crippen LogP contribution in [0.25, 0.3) is 6.08 Å². The average molecular weight is 407 g/mol. The zero-order chi connectivity index (χ0) is 20.4. The van der Waals surface area contributed by atoms with E-state index in [9.17, 15) is 13.2 Å². The smallest absolute Gasteiger partial charge is 0.265 e. The van der Waals surface area contributed by atoms with Crippen molar-refractivity contribution in [2.75, 3.05) is 6.54 Å². The topological polar surface area (TPSA) is 59.4 Å². The molecule has 0 unspecified atom stereocenters. The van der Waals surface area contributed by atoms with Crippen LogP contribution in [0.4, 0.5) is 0 Å². The van der Waals surface area contributed by atoms with Crippen LogP contribution in [-0.2, 0) is 23.5 Å². The number of fused-ring (bicyclic) bond motifs is 1. The van der Waals surface area contributed by atoms with Gasteiger partial charge in [-0.15, -0.1) is 0 Å². The van der Waals surface area contributed by atoms with Crippen molar-refractivity contribution in [2.45, 2.75) is 17.7 Å². The third kappa shape index (κ3) is 3.63. The summed E-state index contributed by atoms with van der Waals surface area (Å²) in [7, 11) is -1.94. The molecule has 2 heterocycles. The summed E-state index contributed by atoms with van der Waals surface area (Å²) in [5.41, 5.74) is 2.34. The molecule has 0 aliphatic carbocycles. The largest absolute Gasteiger partial charge is 0.351 e. The number of carbonyl (C=O) groups excluding carboxylic acids is 1. The first-order valence-electron chi connectivity index (χ1n) is 9.52. The second-order valence-corrected chi connectivity index (χ2v) is 8.90. The third-order valence-electron chi connectivity index (χ3n) is 5.14. The molecule has 0 amide bonds. The van der Waals surface area contributed by atoms with Gasteiger partial charge in [0.2, 0.25) is 5.78 Å². The molecule has 29 heavy (non-hydrogen) atoms. The standard InChI is InChI=1S/C23H22N2O3S/c1-24-15-8-12-19(24)17-21-23(26)20-13-5-6-14-22(20)29(27,28)25(21)16-7-11-18-9-3-2-4-10-18/h2-6,8-10,12-15,17H,7,11,16H2,1H3/b21-17+. The van der Waals surface area contributed by atoms with Crippen LogP contribution in [0.15, 0.2) is 83.5 Å². The first kappa shape index (κ1) is 19.2. The van der Waals surface area contributed by atoms with Crippen LogP contribution in [0.2, 0.25) is 0 Å². The molecule has 3 aromatic rings. The highest BCUT2D eigenvalue weighted by Gasteiger charge is 2.38. The number of hydrogen-bond acceptors (Lipinski definition) is 3. The first-order valence-corrected chi connectivity index (χ1v) is 11.0. The molecular weight excluding hydrogens is 384 g/mol. The van der Waals surface area contributed by atoms with Crippen molar-refractivity contribution >= 4 is 21.9 Å². The second kappa shape index (κ2) is 7.72. The van der Waals surface area contributed by atoms with Gasteiger partial charge in [-0.25, -0.2) is 8.42 Å². The number of ketones is 1. The van der Waals surface area contributed by atoms with Gasteiger partial charge in [0, 0.05) is 31.0 Å². The number of allylic oxidation sites excluding steroid dienone is 1. The van der Waals surface area contributed by atoms with Gasteiger partial charge in [0.05, 0.1) is 4.90 Å². The second-order valence-electron chi connectivity index (χ2n) is 7.07. The first-order chi connectivity index (χ1) is 14.0. The number of aromatic nitrogens is 1. The van der Waals surface area contributed by atoms with Crippen LogP contribution in [0, 0.1) is 0 Å². The van der Waals surface area contributed by atoms with Crippen LogP contribution < -0.4 is 0 Å². The number of benzene rings is 2. The Morgan fingerprint density at radius 1 is 0.931 bits per heavy atom. The minimum absolute atomic E-state index is 0.0775. The van der Waals surface area contributed by atoms with E-state index < -0.39 is 10.0 Å². The molecule has 0 saturated heterocycles. The Morgan fingerprint density at radius 3 is 2.38 bits per heavy atom. The van der Waals surface area contributed by atoms with Crippen LogP contribution in [0.1, 0.15) is 28.0 Å². The third-order valence-corrected chi connectivity index (χ3v) is 7.01. The van der Waals surface area contributed by atoms with E-state index in [2.05, 4.69) is 0 Å². The molecule has 5 nitrogen and oxygen atoms in total. The molecule has 0 N–H and O–H groups in total. The Labute approximate surface area is 171 Å². The zero-order valence-electron chi connectivity index (χ0n) is 16.2. The van der Waals surface area contributed by atoms with E-state index in [1.165, 1.54) is 10.4 Å². The van der Waals surface area contributed by atoms with Crippen molar-refractivity contribution in [1.82, 2.24) is 8.87 Å². The molecule has 0 atom stereocenters. The fourth-order valence-corrected chi connectivity index (χ4v) is 5.28. The number of nitrogens with zero attached hydrogens (tertiary/aromatic N) is 2. The van der Waals surface area contributed by atoms with Gasteiger partial charge in [-0.05, 0) is 48.7 Å². The fraction of sp³-hybridized carbons (Fsp3) is 0.174. The van der Waals surface area contributed by atoms with E-state index in [1.807, 2.05) is 60.3 Å². The van der Waals surface area contributed by atoms with E-state index in [0.717, 1.165) is 17.7 Å². The van der Waals surface area contributed by atoms with E-state index in [-0.39, 0.29) is 28.5 Å². The zero-order valence-corrected chi connectivity index (χ0v) is 17.0. The molecule has 1 aromatic heterocycles. The number of Topliss-reactive ketones (excluding diaryl/α,β-unsaturated/α-hetero) is 1. The number of rotatable bonds is 5. The van der Waals surface area contributed by atoms with Crippen LogP contribution in [0.3, 0.4) is 0 Å². The fourth-order valence-electron chi connectivity index (χ4n) is 3.59. The lowest BCUT2D eigenvalue weighted by Crippen LogP contribution is -2.39. The van der Waals surface area contributed by atoms with Gasteiger partial charge < -0.3 is 4.57 Å². The summed E-state index contributed by atoms with van der Waals surface area (Å²) in [6.07, 6.45) is 4.88. The summed E-state index contributed by atoms with van der Waals surface area (Å²) in [4.78, 5) is 13.3. The molecule has 0 saturated carbocycles. The molecule has 6 heteroatoms. The van der Waals surface area contributed by atoms with Crippen molar-refractivity contribution in [2.24, 2.45) is 7.05 Å². The lowest BCUT2D eigenvalue weighted by atomic mass is 10.1. The van der Waals surface area contributed by atoms with Crippen LogP contribution >= 0.6 is 0 Å². The Balaban J connectivity index is 1.73. The Hall–Kier alpha value is -3.12. The van der Waals surface area contributed by atoms with E-state index in [0.29, 0.717) is 6.42 Å². The summed E-state index contributed by atoms with van der Waals surface area (Å²) in [5.74, 6) is -0.267. The number of hydrogen-bond donors (Lipinski definition) is 0. The van der Waals surface area contributed by atoms with Gasteiger partial charge >= 0.3 is 0 Å². The molecule has 1 aliphatic rings. The predicted molar refractivity (Wildman–Crippen MR) is 113 cm³/mol. The van der Waals surface area contributed by atoms with Crippen molar-refractivity contribution in [1.29, 1.82) is 0 Å². The molecule has 148 valence electrons. The maximum atomic E-state index is 13.3. The molecule has 4 rings (SSSR count). The van der Waals surface area contributed by atoms with Crippen molar-refractivity contribution in [3.8, 4) is 0 Å². The van der Waals surface area contributed by atoms with Crippen molar-refractivity contribution < 1.29 is 13.2 Å². The van der Waals surface area contributed by atoms with Gasteiger partial charge in [0.15, 0.2) is 0 Å². The molecule has 0 fully saturated rings. The quantitative estimate of drug-likeness (QED) is 0.604. The summed E-state index contributed by atoms with van der Waals surface area (Å²) >= 11 is 0. The summed E-state index contributed by atoms with van der Waals surface area (Å²) in [6.45, 7) is 0.244. The Morgan fingerprint density at radius 2 is 1.66 bits per heavy atom. The van der Waals surface area contributed by atoms with Crippen molar-refractivity contribution in [3.63, 3.8) is 0 Å². The average Bonchev–Trinajstić information content (AvgIpc) is 3.13. The van der Waals surface area contributed by atoms with Gasteiger partial charge in [-0.3, -0.25) is 9.10 Å². The van der Waals surface area contributed by atoms with Crippen LogP contribution in [-0.4, -0.2) is 29.6 Å². The van der Waals surface area contributed by atoms with Gasteiger partial charge in [-0.1, -0.05) is 42.5 Å². The number of sulfonamides is 1. The van der Waals surface area contributed by atoms with Gasteiger partial charge in [-0.2, -0.15) is 0 Å². The molecule has 0 bridgehead atoms. The number of carbonyl (C=O) groups is 1. The predicted octanol–water partition coefficient (Wildman–Crippen LogP) is 3.89. The highest BCUT2D eigenvalue weighted by atomic mass is 32.2. The van der Waals surface area contributed by atoms with E-state index >= 15 is 0 Å². The van der Waals surface area contributed by atoms with Crippen molar-refractivity contribution in [3.05, 3.63) is 95.4 Å². The lowest BCUT2D eigenvalue weighted by Gasteiger charge is -2.31. The maximum absolute atomic E-state index is 13.3. The summed E-state index contributed by atoms with van der Waals surface area (Å²) < 4.78 is 29.8. The van der Waals surface area contributed by atoms with E-state index in [4.69, 9.17) is 0 Å². The molecule has 0 radical (unpaired) electrons. The molecular formula is C23H22N2O3S. The lowest BCUT2D eigenvalue weighted by molar-refractivity contribution is 0.100. The maximum Gasteiger partial charge on any atom is 0.265 e. The molecule has 1 aliphatic heterocycles. The summed E-state index contributed by atoms with van der Waals surface area (Å²) in [6, 6.07) is 20.1. The minimum Gasteiger partial charge on any atom is -0.351 e. The molecule has 2 aromatic carbocycles. The summed E-state index contributed by atoms with van der Waals surface area (Å²) in [5, 5.41) is 0.